The van der Waals surface area contributed by atoms with Crippen molar-refractivity contribution in [3.8, 4) is 0 Å². The first kappa shape index (κ1) is 15.3. The second-order valence-electron chi connectivity index (χ2n) is 5.97. The predicted molar refractivity (Wildman–Crippen MR) is 98.6 cm³/mol. The van der Waals surface area contributed by atoms with Gasteiger partial charge in [0.15, 0.2) is 0 Å². The Balaban J connectivity index is 1.84. The molecule has 0 unspecified atom stereocenters. The number of rotatable bonds is 4. The third kappa shape index (κ3) is 3.19. The fourth-order valence-corrected chi connectivity index (χ4v) is 2.99. The molecule has 4 aromatic rings. The zero-order chi connectivity index (χ0) is 17.1. The minimum absolute atomic E-state index is 0.0655. The normalized spacial score (nSPS) is 10.9. The molecule has 0 aliphatic carbocycles. The summed E-state index contributed by atoms with van der Waals surface area (Å²) in [4.78, 5) is 16.8. The molecule has 0 spiro atoms. The zero-order valence-corrected chi connectivity index (χ0v) is 13.7. The highest BCUT2D eigenvalue weighted by atomic mass is 16.1. The van der Waals surface area contributed by atoms with E-state index in [4.69, 9.17) is 0 Å². The van der Waals surface area contributed by atoms with Crippen LogP contribution in [0.2, 0.25) is 0 Å². The predicted octanol–water partition coefficient (Wildman–Crippen LogP) is 3.43. The molecule has 2 aromatic carbocycles. The monoisotopic (exact) mass is 327 g/mol. The van der Waals surface area contributed by atoms with E-state index in [-0.39, 0.29) is 5.56 Å². The van der Waals surface area contributed by atoms with E-state index in [0.29, 0.717) is 18.4 Å². The maximum absolute atomic E-state index is 12.8. The number of hydrogen-bond acceptors (Lipinski definition) is 3. The fraction of sp³-hybridized carbons (Fsp3) is 0.0952. The average molecular weight is 327 g/mol. The fourth-order valence-electron chi connectivity index (χ4n) is 2.99. The lowest BCUT2D eigenvalue weighted by atomic mass is 10.0. The number of pyridine rings is 1. The van der Waals surface area contributed by atoms with Crippen molar-refractivity contribution in [3.05, 3.63) is 106 Å². The third-order valence-electron chi connectivity index (χ3n) is 4.24. The van der Waals surface area contributed by atoms with Crippen molar-refractivity contribution in [2.45, 2.75) is 13.0 Å². The van der Waals surface area contributed by atoms with Crippen molar-refractivity contribution in [2.24, 2.45) is 0 Å². The molecular formula is C21H17N3O. The Labute approximate surface area is 145 Å². The van der Waals surface area contributed by atoms with Gasteiger partial charge in [0.2, 0.25) is 0 Å². The number of fused-ring (bicyclic) bond motifs is 1. The summed E-state index contributed by atoms with van der Waals surface area (Å²) >= 11 is 0. The van der Waals surface area contributed by atoms with Crippen molar-refractivity contribution in [3.63, 3.8) is 0 Å². The van der Waals surface area contributed by atoms with Gasteiger partial charge in [0.1, 0.15) is 0 Å². The van der Waals surface area contributed by atoms with Gasteiger partial charge in [-0.2, -0.15) is 5.10 Å². The Morgan fingerprint density at radius 3 is 2.20 bits per heavy atom. The van der Waals surface area contributed by atoms with Gasteiger partial charge >= 0.3 is 0 Å². The molecule has 122 valence electrons. The molecule has 0 saturated heterocycles. The lowest BCUT2D eigenvalue weighted by Gasteiger charge is -2.11. The van der Waals surface area contributed by atoms with Crippen LogP contribution in [0.25, 0.3) is 10.8 Å². The molecule has 0 fully saturated rings. The van der Waals surface area contributed by atoms with E-state index in [9.17, 15) is 4.79 Å². The van der Waals surface area contributed by atoms with E-state index in [1.165, 1.54) is 5.56 Å². The number of nitrogens with zero attached hydrogens (tertiary/aromatic N) is 3. The van der Waals surface area contributed by atoms with E-state index in [1.54, 1.807) is 17.1 Å². The van der Waals surface area contributed by atoms with Gasteiger partial charge in [0.25, 0.3) is 5.56 Å². The first-order valence-corrected chi connectivity index (χ1v) is 8.23. The summed E-state index contributed by atoms with van der Waals surface area (Å²) in [5, 5.41) is 6.30. The maximum Gasteiger partial charge on any atom is 0.274 e. The minimum Gasteiger partial charge on any atom is -0.267 e. The molecule has 4 heteroatoms. The summed E-state index contributed by atoms with van der Waals surface area (Å²) in [6, 6.07) is 21.7. The summed E-state index contributed by atoms with van der Waals surface area (Å²) in [7, 11) is 0. The number of benzene rings is 2. The molecule has 0 bridgehead atoms. The lowest BCUT2D eigenvalue weighted by molar-refractivity contribution is 0.632. The van der Waals surface area contributed by atoms with Crippen LogP contribution in [0.15, 0.2) is 83.9 Å². The van der Waals surface area contributed by atoms with Gasteiger partial charge in [-0.05, 0) is 29.3 Å². The zero-order valence-electron chi connectivity index (χ0n) is 13.7. The summed E-state index contributed by atoms with van der Waals surface area (Å²) < 4.78 is 1.55. The lowest BCUT2D eigenvalue weighted by Crippen LogP contribution is -2.25. The standard InChI is InChI=1S/C21H17N3O/c25-21-19-9-5-4-8-18(19)20(14-16-6-2-1-3-7-16)23-24(21)15-17-10-12-22-13-11-17/h1-13H,14-15H2. The summed E-state index contributed by atoms with van der Waals surface area (Å²) in [5.74, 6) is 0. The van der Waals surface area contributed by atoms with Crippen LogP contribution >= 0.6 is 0 Å². The van der Waals surface area contributed by atoms with E-state index >= 15 is 0 Å². The molecule has 0 aliphatic heterocycles. The van der Waals surface area contributed by atoms with Gasteiger partial charge < -0.3 is 0 Å². The molecule has 0 atom stereocenters. The van der Waals surface area contributed by atoms with Gasteiger partial charge in [0, 0.05) is 24.2 Å². The van der Waals surface area contributed by atoms with E-state index < -0.39 is 0 Å². The molecular weight excluding hydrogens is 310 g/mol. The van der Waals surface area contributed by atoms with Gasteiger partial charge in [-0.25, -0.2) is 4.68 Å². The van der Waals surface area contributed by atoms with Crippen molar-refractivity contribution < 1.29 is 0 Å². The van der Waals surface area contributed by atoms with Gasteiger partial charge in [-0.3, -0.25) is 9.78 Å². The Hall–Kier alpha value is -3.27. The van der Waals surface area contributed by atoms with Crippen LogP contribution in [0.5, 0.6) is 0 Å². The van der Waals surface area contributed by atoms with Gasteiger partial charge in [-0.15, -0.1) is 0 Å². The van der Waals surface area contributed by atoms with E-state index in [1.807, 2.05) is 54.6 Å². The van der Waals surface area contributed by atoms with Crippen LogP contribution in [-0.4, -0.2) is 14.8 Å². The minimum atomic E-state index is -0.0655. The molecule has 25 heavy (non-hydrogen) atoms. The van der Waals surface area contributed by atoms with Crippen LogP contribution in [0.1, 0.15) is 16.8 Å². The van der Waals surface area contributed by atoms with Crippen LogP contribution in [0, 0.1) is 0 Å². The van der Waals surface area contributed by atoms with Crippen LogP contribution in [-0.2, 0) is 13.0 Å². The second-order valence-corrected chi connectivity index (χ2v) is 5.97. The quantitative estimate of drug-likeness (QED) is 0.577. The molecule has 4 rings (SSSR count). The Morgan fingerprint density at radius 1 is 0.760 bits per heavy atom. The second kappa shape index (κ2) is 6.69. The van der Waals surface area contributed by atoms with E-state index in [2.05, 4.69) is 22.2 Å². The summed E-state index contributed by atoms with van der Waals surface area (Å²) in [6.45, 7) is 0.438. The molecule has 4 nitrogen and oxygen atoms in total. The molecule has 0 aliphatic rings. The molecule has 2 aromatic heterocycles. The highest BCUT2D eigenvalue weighted by Crippen LogP contribution is 2.17. The SMILES string of the molecule is O=c1c2ccccc2c(Cc2ccccc2)nn1Cc1ccncc1. The molecule has 0 N–H and O–H groups in total. The molecule has 2 heterocycles. The average Bonchev–Trinajstić information content (AvgIpc) is 2.67. The molecule has 0 amide bonds. The summed E-state index contributed by atoms with van der Waals surface area (Å²) in [5.41, 5.74) is 3.03. The highest BCUT2D eigenvalue weighted by Gasteiger charge is 2.11. The Morgan fingerprint density at radius 2 is 1.44 bits per heavy atom. The smallest absolute Gasteiger partial charge is 0.267 e. The topological polar surface area (TPSA) is 47.8 Å². The highest BCUT2D eigenvalue weighted by molar-refractivity contribution is 5.83. The van der Waals surface area contributed by atoms with Crippen molar-refractivity contribution in [1.29, 1.82) is 0 Å². The van der Waals surface area contributed by atoms with Crippen LogP contribution < -0.4 is 5.56 Å². The van der Waals surface area contributed by atoms with E-state index in [0.717, 1.165) is 16.6 Å². The molecule has 0 saturated carbocycles. The third-order valence-corrected chi connectivity index (χ3v) is 4.24. The Bertz CT molecular complexity index is 1060. The van der Waals surface area contributed by atoms with Gasteiger partial charge in [0.05, 0.1) is 17.6 Å². The van der Waals surface area contributed by atoms with Crippen LogP contribution in [0.4, 0.5) is 0 Å². The van der Waals surface area contributed by atoms with Gasteiger partial charge in [-0.1, -0.05) is 48.5 Å². The Kier molecular flexibility index (Phi) is 4.09. The maximum atomic E-state index is 12.8. The van der Waals surface area contributed by atoms with Crippen molar-refractivity contribution in [1.82, 2.24) is 14.8 Å². The number of hydrogen-bond donors (Lipinski definition) is 0. The summed E-state index contributed by atoms with van der Waals surface area (Å²) in [6.07, 6.45) is 4.15. The molecule has 0 radical (unpaired) electrons. The van der Waals surface area contributed by atoms with Crippen molar-refractivity contribution >= 4 is 10.8 Å². The first-order valence-electron chi connectivity index (χ1n) is 8.23. The first-order chi connectivity index (χ1) is 12.3. The van der Waals surface area contributed by atoms with Crippen LogP contribution in [0.3, 0.4) is 0 Å². The number of aromatic nitrogens is 3. The van der Waals surface area contributed by atoms with Crippen molar-refractivity contribution in [2.75, 3.05) is 0 Å². The largest absolute Gasteiger partial charge is 0.274 e.